The Bertz CT molecular complexity index is 629. The Kier molecular flexibility index (Phi) is 2.66. The van der Waals surface area contributed by atoms with Gasteiger partial charge in [0.1, 0.15) is 0 Å². The van der Waals surface area contributed by atoms with E-state index in [-0.39, 0.29) is 5.38 Å². The minimum absolute atomic E-state index is 0.126. The molecule has 2 aromatic carbocycles. The van der Waals surface area contributed by atoms with E-state index in [9.17, 15) is 0 Å². The molecule has 0 amide bonds. The standard InChI is InChI=1S/C18H17Cl/c19-18(17-11-14-4-1-2-7-16(14)17)15-9-8-12-5-3-6-13(12)10-15/h1-2,4,7-10,17-18H,3,5-6,11H2. The third-order valence-electron chi connectivity index (χ3n) is 4.69. The third kappa shape index (κ3) is 1.81. The number of halogens is 1. The SMILES string of the molecule is ClC(c1ccc2c(c1)CCC2)C1Cc2ccccc21. The van der Waals surface area contributed by atoms with Crippen molar-refractivity contribution in [2.24, 2.45) is 0 Å². The van der Waals surface area contributed by atoms with E-state index in [2.05, 4.69) is 42.5 Å². The van der Waals surface area contributed by atoms with Gasteiger partial charge in [-0.3, -0.25) is 0 Å². The molecule has 2 atom stereocenters. The van der Waals surface area contributed by atoms with Crippen LogP contribution in [0.3, 0.4) is 0 Å². The Hall–Kier alpha value is -1.27. The van der Waals surface area contributed by atoms with Gasteiger partial charge in [0.25, 0.3) is 0 Å². The highest BCUT2D eigenvalue weighted by atomic mass is 35.5. The van der Waals surface area contributed by atoms with Crippen LogP contribution < -0.4 is 0 Å². The van der Waals surface area contributed by atoms with Gasteiger partial charge in [0.2, 0.25) is 0 Å². The first-order valence-electron chi connectivity index (χ1n) is 7.16. The smallest absolute Gasteiger partial charge is 0.0657 e. The van der Waals surface area contributed by atoms with Crippen LogP contribution in [0.4, 0.5) is 0 Å². The van der Waals surface area contributed by atoms with Gasteiger partial charge in [-0.1, -0.05) is 42.5 Å². The summed E-state index contributed by atoms with van der Waals surface area (Å²) in [5, 5.41) is 0.126. The summed E-state index contributed by atoms with van der Waals surface area (Å²) in [5.74, 6) is 0.498. The second-order valence-corrected chi connectivity index (χ2v) is 6.26. The lowest BCUT2D eigenvalue weighted by molar-refractivity contribution is 0.587. The first kappa shape index (κ1) is 11.5. The van der Waals surface area contributed by atoms with Gasteiger partial charge in [-0.25, -0.2) is 0 Å². The summed E-state index contributed by atoms with van der Waals surface area (Å²) in [6, 6.07) is 15.6. The molecular formula is C18H17Cl. The lowest BCUT2D eigenvalue weighted by Gasteiger charge is -2.34. The largest absolute Gasteiger partial charge is 0.117 e. The molecule has 0 saturated heterocycles. The van der Waals surface area contributed by atoms with Gasteiger partial charge in [-0.2, -0.15) is 0 Å². The number of rotatable bonds is 2. The van der Waals surface area contributed by atoms with E-state index in [1.54, 1.807) is 0 Å². The van der Waals surface area contributed by atoms with Gasteiger partial charge < -0.3 is 0 Å². The summed E-state index contributed by atoms with van der Waals surface area (Å²) in [6.45, 7) is 0. The summed E-state index contributed by atoms with van der Waals surface area (Å²) in [6.07, 6.45) is 4.91. The lowest BCUT2D eigenvalue weighted by atomic mass is 9.74. The van der Waals surface area contributed by atoms with Crippen LogP contribution in [-0.2, 0) is 19.3 Å². The number of aryl methyl sites for hydroxylation is 2. The molecule has 0 nitrogen and oxygen atoms in total. The summed E-state index contributed by atoms with van der Waals surface area (Å²) >= 11 is 6.74. The molecule has 0 saturated carbocycles. The number of hydrogen-bond acceptors (Lipinski definition) is 0. The van der Waals surface area contributed by atoms with Crippen molar-refractivity contribution in [1.29, 1.82) is 0 Å². The van der Waals surface area contributed by atoms with E-state index in [0.717, 1.165) is 6.42 Å². The number of alkyl halides is 1. The van der Waals surface area contributed by atoms with Crippen LogP contribution in [0.5, 0.6) is 0 Å². The maximum atomic E-state index is 6.74. The van der Waals surface area contributed by atoms with Crippen LogP contribution in [0.25, 0.3) is 0 Å². The quantitative estimate of drug-likeness (QED) is 0.687. The van der Waals surface area contributed by atoms with Crippen molar-refractivity contribution in [3.63, 3.8) is 0 Å². The maximum Gasteiger partial charge on any atom is 0.0657 e. The fourth-order valence-corrected chi connectivity index (χ4v) is 3.91. The fraction of sp³-hybridized carbons (Fsp3) is 0.333. The summed E-state index contributed by atoms with van der Waals surface area (Å²) in [4.78, 5) is 0. The average Bonchev–Trinajstić information content (AvgIpc) is 2.87. The summed E-state index contributed by atoms with van der Waals surface area (Å²) < 4.78 is 0. The summed E-state index contributed by atoms with van der Waals surface area (Å²) in [7, 11) is 0. The summed E-state index contributed by atoms with van der Waals surface area (Å²) in [5.41, 5.74) is 7.28. The fourth-order valence-electron chi connectivity index (χ4n) is 3.55. The van der Waals surface area contributed by atoms with Gasteiger partial charge >= 0.3 is 0 Å². The predicted molar refractivity (Wildman–Crippen MR) is 79.9 cm³/mol. The van der Waals surface area contributed by atoms with Crippen LogP contribution >= 0.6 is 11.6 Å². The molecule has 2 unspecified atom stereocenters. The molecule has 19 heavy (non-hydrogen) atoms. The van der Waals surface area contributed by atoms with Crippen molar-refractivity contribution in [3.05, 3.63) is 70.3 Å². The molecule has 0 aromatic heterocycles. The zero-order valence-electron chi connectivity index (χ0n) is 10.9. The average molecular weight is 269 g/mol. The van der Waals surface area contributed by atoms with Crippen molar-refractivity contribution in [2.75, 3.05) is 0 Å². The Morgan fingerprint density at radius 2 is 1.79 bits per heavy atom. The molecule has 0 radical (unpaired) electrons. The predicted octanol–water partition coefficient (Wildman–Crippen LogP) is 4.80. The Labute approximate surface area is 119 Å². The Morgan fingerprint density at radius 1 is 0.947 bits per heavy atom. The van der Waals surface area contributed by atoms with Crippen molar-refractivity contribution >= 4 is 11.6 Å². The highest BCUT2D eigenvalue weighted by molar-refractivity contribution is 6.21. The second kappa shape index (κ2) is 4.38. The van der Waals surface area contributed by atoms with Crippen molar-refractivity contribution in [1.82, 2.24) is 0 Å². The van der Waals surface area contributed by atoms with Crippen molar-refractivity contribution in [2.45, 2.75) is 37.0 Å². The van der Waals surface area contributed by atoms with Crippen LogP contribution in [0, 0.1) is 0 Å². The van der Waals surface area contributed by atoms with Crippen LogP contribution in [0.2, 0.25) is 0 Å². The highest BCUT2D eigenvalue weighted by Gasteiger charge is 2.32. The van der Waals surface area contributed by atoms with Crippen LogP contribution in [0.1, 0.15) is 45.5 Å². The minimum Gasteiger partial charge on any atom is -0.117 e. The highest BCUT2D eigenvalue weighted by Crippen LogP contribution is 2.47. The van der Waals surface area contributed by atoms with Gasteiger partial charge in [0, 0.05) is 5.92 Å². The molecule has 0 heterocycles. The van der Waals surface area contributed by atoms with Crippen molar-refractivity contribution in [3.8, 4) is 0 Å². The molecule has 4 rings (SSSR count). The van der Waals surface area contributed by atoms with E-state index < -0.39 is 0 Å². The second-order valence-electron chi connectivity index (χ2n) is 5.79. The van der Waals surface area contributed by atoms with E-state index in [1.807, 2.05) is 0 Å². The zero-order chi connectivity index (χ0) is 12.8. The molecular weight excluding hydrogens is 252 g/mol. The maximum absolute atomic E-state index is 6.74. The van der Waals surface area contributed by atoms with Gasteiger partial charge in [0.05, 0.1) is 5.38 Å². The molecule has 0 bridgehead atoms. The molecule has 0 N–H and O–H groups in total. The van der Waals surface area contributed by atoms with Crippen LogP contribution in [0.15, 0.2) is 42.5 Å². The van der Waals surface area contributed by atoms with Gasteiger partial charge in [-0.05, 0) is 53.5 Å². The number of benzene rings is 2. The number of hydrogen-bond donors (Lipinski definition) is 0. The Morgan fingerprint density at radius 3 is 2.68 bits per heavy atom. The van der Waals surface area contributed by atoms with E-state index in [0.29, 0.717) is 5.92 Å². The molecule has 2 aromatic rings. The van der Waals surface area contributed by atoms with Crippen LogP contribution in [-0.4, -0.2) is 0 Å². The first-order valence-corrected chi connectivity index (χ1v) is 7.60. The minimum atomic E-state index is 0.126. The molecule has 0 spiro atoms. The van der Waals surface area contributed by atoms with Gasteiger partial charge in [-0.15, -0.1) is 11.6 Å². The molecule has 0 aliphatic heterocycles. The lowest BCUT2D eigenvalue weighted by Crippen LogP contribution is -2.21. The topological polar surface area (TPSA) is 0 Å². The molecule has 96 valence electrons. The molecule has 1 heteroatoms. The third-order valence-corrected chi connectivity index (χ3v) is 5.24. The normalized spacial score (nSPS) is 21.4. The molecule has 2 aliphatic rings. The molecule has 2 aliphatic carbocycles. The van der Waals surface area contributed by atoms with Gasteiger partial charge in [0.15, 0.2) is 0 Å². The first-order chi connectivity index (χ1) is 9.33. The number of fused-ring (bicyclic) bond motifs is 2. The van der Waals surface area contributed by atoms with E-state index >= 15 is 0 Å². The van der Waals surface area contributed by atoms with E-state index in [4.69, 9.17) is 11.6 Å². The van der Waals surface area contributed by atoms with E-state index in [1.165, 1.54) is 47.1 Å². The Balaban J connectivity index is 1.64. The van der Waals surface area contributed by atoms with Crippen molar-refractivity contribution < 1.29 is 0 Å². The monoisotopic (exact) mass is 268 g/mol. The molecule has 0 fully saturated rings. The zero-order valence-corrected chi connectivity index (χ0v) is 11.7.